The number of thioether (sulfide) groups is 1. The second-order valence-corrected chi connectivity index (χ2v) is 7.84. The summed E-state index contributed by atoms with van der Waals surface area (Å²) in [4.78, 5) is 3.63. The van der Waals surface area contributed by atoms with Gasteiger partial charge in [0, 0.05) is 36.4 Å². The number of benzene rings is 1. The van der Waals surface area contributed by atoms with Gasteiger partial charge in [0.05, 0.1) is 15.6 Å². The highest BCUT2D eigenvalue weighted by Crippen LogP contribution is 2.50. The van der Waals surface area contributed by atoms with Gasteiger partial charge in [0.25, 0.3) is 0 Å². The smallest absolute Gasteiger partial charge is 0.175 e. The van der Waals surface area contributed by atoms with Gasteiger partial charge in [0.2, 0.25) is 0 Å². The van der Waals surface area contributed by atoms with Crippen LogP contribution < -0.4 is 5.73 Å². The summed E-state index contributed by atoms with van der Waals surface area (Å²) >= 11 is 1.65. The van der Waals surface area contributed by atoms with Crippen molar-refractivity contribution in [1.29, 1.82) is 0 Å². The van der Waals surface area contributed by atoms with Crippen LogP contribution in [0.4, 0.5) is 0 Å². The molecule has 100 valence electrons. The van der Waals surface area contributed by atoms with Crippen LogP contribution in [0.2, 0.25) is 0 Å². The van der Waals surface area contributed by atoms with Crippen LogP contribution in [-0.2, 0) is 16.3 Å². The molecule has 1 aliphatic heterocycles. The Morgan fingerprint density at radius 3 is 2.79 bits per heavy atom. The maximum Gasteiger partial charge on any atom is 0.175 e. The highest BCUT2D eigenvalue weighted by molar-refractivity contribution is 8.07. The van der Waals surface area contributed by atoms with Crippen molar-refractivity contribution in [1.82, 2.24) is 4.90 Å². The molecular weight excluding hydrogens is 280 g/mol. The summed E-state index contributed by atoms with van der Waals surface area (Å²) in [6.07, 6.45) is 3.67. The average Bonchev–Trinajstić information content (AvgIpc) is 2.84. The molecule has 0 amide bonds. The maximum atomic E-state index is 11.7. The zero-order valence-corrected chi connectivity index (χ0v) is 12.3. The molecule has 0 radical (unpaired) electrons. The summed E-state index contributed by atoms with van der Waals surface area (Å²) < 4.78 is 23.3. The standard InChI is InChI=1S/C13H14N2O2S2/c1-15-12(7-14)18-11-5-8-3-4-9(19(2,16)17)6-10(8)13(11)15/h3-4,6-7H,5,14H2,1-2H3. The van der Waals surface area contributed by atoms with Gasteiger partial charge in [-0.2, -0.15) is 0 Å². The molecule has 2 aliphatic rings. The second-order valence-electron chi connectivity index (χ2n) is 4.71. The van der Waals surface area contributed by atoms with Crippen LogP contribution in [0.1, 0.15) is 11.1 Å². The number of nitrogens with two attached hydrogens (primary N) is 1. The van der Waals surface area contributed by atoms with Crippen LogP contribution in [0.15, 0.2) is 39.2 Å². The summed E-state index contributed by atoms with van der Waals surface area (Å²) in [7, 11) is -1.22. The normalized spacial score (nSPS) is 20.1. The van der Waals surface area contributed by atoms with Crippen molar-refractivity contribution >= 4 is 27.3 Å². The Labute approximate surface area is 116 Å². The quantitative estimate of drug-likeness (QED) is 0.855. The molecule has 4 nitrogen and oxygen atoms in total. The molecule has 1 aromatic rings. The first-order chi connectivity index (χ1) is 8.91. The van der Waals surface area contributed by atoms with Crippen molar-refractivity contribution in [2.75, 3.05) is 13.3 Å². The molecular formula is C13H14N2O2S2. The number of allylic oxidation sites excluding steroid dienone is 1. The van der Waals surface area contributed by atoms with E-state index in [9.17, 15) is 8.42 Å². The van der Waals surface area contributed by atoms with Crippen LogP contribution in [0.5, 0.6) is 0 Å². The highest BCUT2D eigenvalue weighted by Gasteiger charge is 2.33. The lowest BCUT2D eigenvalue weighted by molar-refractivity contribution is 0.601. The van der Waals surface area contributed by atoms with Crippen LogP contribution >= 0.6 is 11.8 Å². The fourth-order valence-electron chi connectivity index (χ4n) is 2.47. The molecule has 0 aromatic heterocycles. The molecule has 0 spiro atoms. The summed E-state index contributed by atoms with van der Waals surface area (Å²) in [5, 5.41) is 0.986. The van der Waals surface area contributed by atoms with Gasteiger partial charge >= 0.3 is 0 Å². The summed E-state index contributed by atoms with van der Waals surface area (Å²) in [6, 6.07) is 5.36. The van der Waals surface area contributed by atoms with E-state index in [4.69, 9.17) is 5.73 Å². The van der Waals surface area contributed by atoms with Gasteiger partial charge in [-0.05, 0) is 17.7 Å². The lowest BCUT2D eigenvalue weighted by Gasteiger charge is -2.18. The first-order valence-electron chi connectivity index (χ1n) is 5.82. The Balaban J connectivity index is 2.13. The minimum Gasteiger partial charge on any atom is -0.402 e. The van der Waals surface area contributed by atoms with Crippen molar-refractivity contribution in [3.8, 4) is 0 Å². The summed E-state index contributed by atoms with van der Waals surface area (Å²) in [6.45, 7) is 0. The molecule has 1 aliphatic carbocycles. The molecule has 0 fully saturated rings. The predicted molar refractivity (Wildman–Crippen MR) is 77.8 cm³/mol. The van der Waals surface area contributed by atoms with Crippen LogP contribution in [0, 0.1) is 0 Å². The van der Waals surface area contributed by atoms with Gasteiger partial charge < -0.3 is 10.6 Å². The first-order valence-corrected chi connectivity index (χ1v) is 8.52. The van der Waals surface area contributed by atoms with E-state index in [1.165, 1.54) is 16.7 Å². The zero-order chi connectivity index (χ0) is 13.8. The number of fused-ring (bicyclic) bond motifs is 2. The van der Waals surface area contributed by atoms with E-state index in [1.54, 1.807) is 30.1 Å². The number of hydrogen-bond acceptors (Lipinski definition) is 5. The molecule has 19 heavy (non-hydrogen) atoms. The van der Waals surface area contributed by atoms with Gasteiger partial charge in [-0.3, -0.25) is 0 Å². The Morgan fingerprint density at radius 1 is 1.42 bits per heavy atom. The topological polar surface area (TPSA) is 63.4 Å². The van der Waals surface area contributed by atoms with Crippen LogP contribution in [0.3, 0.4) is 0 Å². The molecule has 6 heteroatoms. The minimum atomic E-state index is -3.18. The Kier molecular flexibility index (Phi) is 2.69. The largest absolute Gasteiger partial charge is 0.402 e. The zero-order valence-electron chi connectivity index (χ0n) is 10.7. The number of rotatable bonds is 1. The van der Waals surface area contributed by atoms with Gasteiger partial charge in [0.15, 0.2) is 9.84 Å². The van der Waals surface area contributed by atoms with E-state index >= 15 is 0 Å². The maximum absolute atomic E-state index is 11.7. The molecule has 3 rings (SSSR count). The van der Waals surface area contributed by atoms with E-state index in [2.05, 4.69) is 0 Å². The second kappa shape index (κ2) is 4.05. The van der Waals surface area contributed by atoms with E-state index in [0.29, 0.717) is 4.90 Å². The van der Waals surface area contributed by atoms with Crippen LogP contribution in [0.25, 0.3) is 5.70 Å². The number of hydrogen-bond donors (Lipinski definition) is 1. The molecule has 1 heterocycles. The Hall–Kier alpha value is -1.40. The van der Waals surface area contributed by atoms with E-state index in [-0.39, 0.29) is 0 Å². The van der Waals surface area contributed by atoms with Gasteiger partial charge in [0.1, 0.15) is 0 Å². The van der Waals surface area contributed by atoms with Crippen molar-refractivity contribution < 1.29 is 8.42 Å². The number of sulfone groups is 1. The SMILES string of the molecule is CN1C(=CN)SC2=C1c1cc(S(C)(=O)=O)ccc1C2. The van der Waals surface area contributed by atoms with E-state index in [0.717, 1.165) is 22.7 Å². The molecule has 0 unspecified atom stereocenters. The average molecular weight is 294 g/mol. The van der Waals surface area contributed by atoms with Crippen molar-refractivity contribution in [2.45, 2.75) is 11.3 Å². The fraction of sp³-hybridized carbons (Fsp3) is 0.231. The van der Waals surface area contributed by atoms with E-state index in [1.807, 2.05) is 18.0 Å². The third-order valence-electron chi connectivity index (χ3n) is 3.42. The lowest BCUT2D eigenvalue weighted by Crippen LogP contribution is -2.11. The van der Waals surface area contributed by atoms with Gasteiger partial charge in [-0.15, -0.1) is 0 Å². The molecule has 0 saturated carbocycles. The summed E-state index contributed by atoms with van der Waals surface area (Å²) in [5.74, 6) is 0. The third kappa shape index (κ3) is 1.86. The highest BCUT2D eigenvalue weighted by atomic mass is 32.2. The molecule has 2 N–H and O–H groups in total. The van der Waals surface area contributed by atoms with Crippen LogP contribution in [-0.4, -0.2) is 26.6 Å². The van der Waals surface area contributed by atoms with Gasteiger partial charge in [-0.1, -0.05) is 17.8 Å². The molecule has 0 saturated heterocycles. The monoisotopic (exact) mass is 294 g/mol. The summed E-state index contributed by atoms with van der Waals surface area (Å²) in [5.41, 5.74) is 8.86. The third-order valence-corrected chi connectivity index (χ3v) is 5.73. The van der Waals surface area contributed by atoms with E-state index < -0.39 is 9.84 Å². The van der Waals surface area contributed by atoms with Crippen molar-refractivity contribution in [3.63, 3.8) is 0 Å². The Bertz CT molecular complexity index is 733. The molecule has 0 atom stereocenters. The molecule has 1 aromatic carbocycles. The first kappa shape index (κ1) is 12.6. The molecule has 0 bridgehead atoms. The number of nitrogens with zero attached hydrogens (tertiary/aromatic N) is 1. The predicted octanol–water partition coefficient (Wildman–Crippen LogP) is 1.75. The Morgan fingerprint density at radius 2 is 2.16 bits per heavy atom. The van der Waals surface area contributed by atoms with Crippen molar-refractivity contribution in [3.05, 3.63) is 45.5 Å². The fourth-order valence-corrected chi connectivity index (χ4v) is 4.24. The lowest BCUT2D eigenvalue weighted by atomic mass is 10.1. The minimum absolute atomic E-state index is 0.364. The van der Waals surface area contributed by atoms with Gasteiger partial charge in [-0.25, -0.2) is 8.42 Å². The van der Waals surface area contributed by atoms with Crippen molar-refractivity contribution in [2.24, 2.45) is 5.73 Å².